The van der Waals surface area contributed by atoms with Crippen LogP contribution in [0, 0.1) is 10.1 Å². The molecule has 120 valence electrons. The van der Waals surface area contributed by atoms with Crippen molar-refractivity contribution in [1.82, 2.24) is 10.3 Å². The first-order valence-corrected chi connectivity index (χ1v) is 7.50. The average molecular weight is 334 g/mol. The minimum atomic E-state index is -0.478. The van der Waals surface area contributed by atoms with E-state index in [9.17, 15) is 19.7 Å². The van der Waals surface area contributed by atoms with Crippen molar-refractivity contribution in [3.63, 3.8) is 0 Å². The summed E-state index contributed by atoms with van der Waals surface area (Å²) in [6, 6.07) is 6.29. The number of nitrogens with one attached hydrogen (secondary N) is 1. The van der Waals surface area contributed by atoms with E-state index in [1.165, 1.54) is 36.7 Å². The molecular formula is C14H14N4O4S. The molecule has 2 amide bonds. The predicted molar refractivity (Wildman–Crippen MR) is 87.3 cm³/mol. The van der Waals surface area contributed by atoms with Crippen molar-refractivity contribution in [2.45, 2.75) is 19.2 Å². The number of rotatable bonds is 3. The number of hydrogen-bond acceptors (Lipinski definition) is 6. The molecule has 0 aromatic heterocycles. The normalized spacial score (nSPS) is 17.2. The lowest BCUT2D eigenvalue weighted by Gasteiger charge is -2.14. The van der Waals surface area contributed by atoms with Crippen molar-refractivity contribution >= 4 is 40.5 Å². The molecule has 0 saturated heterocycles. The van der Waals surface area contributed by atoms with E-state index in [1.54, 1.807) is 30.4 Å². The molecule has 23 heavy (non-hydrogen) atoms. The van der Waals surface area contributed by atoms with Crippen LogP contribution in [-0.2, 0) is 9.59 Å². The van der Waals surface area contributed by atoms with Crippen LogP contribution in [0.2, 0.25) is 0 Å². The Morgan fingerprint density at radius 3 is 2.70 bits per heavy atom. The molecule has 1 aliphatic heterocycles. The second kappa shape index (κ2) is 7.05. The van der Waals surface area contributed by atoms with E-state index in [0.717, 1.165) is 0 Å². The number of para-hydroxylation sites is 1. The third-order valence-electron chi connectivity index (χ3n) is 2.85. The molecule has 0 saturated carbocycles. The summed E-state index contributed by atoms with van der Waals surface area (Å²) in [6.07, 6.45) is 3.20. The Morgan fingerprint density at radius 1 is 1.39 bits per heavy atom. The Hall–Kier alpha value is -2.68. The van der Waals surface area contributed by atoms with E-state index in [4.69, 9.17) is 0 Å². The highest BCUT2D eigenvalue weighted by molar-refractivity contribution is 8.14. The van der Waals surface area contributed by atoms with Crippen molar-refractivity contribution in [2.75, 3.05) is 0 Å². The Balaban J connectivity index is 2.21. The van der Waals surface area contributed by atoms with Crippen LogP contribution in [0.4, 0.5) is 5.69 Å². The highest BCUT2D eigenvalue weighted by Crippen LogP contribution is 2.28. The van der Waals surface area contributed by atoms with Gasteiger partial charge in [-0.15, -0.1) is 5.10 Å². The fraction of sp³-hybridized carbons (Fsp3) is 0.214. The van der Waals surface area contributed by atoms with Gasteiger partial charge in [-0.3, -0.25) is 19.7 Å². The fourth-order valence-corrected chi connectivity index (χ4v) is 2.92. The summed E-state index contributed by atoms with van der Waals surface area (Å²) >= 11 is 1.18. The van der Waals surface area contributed by atoms with Crippen LogP contribution in [0.5, 0.6) is 0 Å². The zero-order valence-electron chi connectivity index (χ0n) is 12.4. The van der Waals surface area contributed by atoms with Gasteiger partial charge in [0.1, 0.15) is 5.37 Å². The summed E-state index contributed by atoms with van der Waals surface area (Å²) in [4.78, 5) is 33.2. The molecule has 0 spiro atoms. The number of carbonyl (C=O) groups excluding carboxylic acids is 2. The molecule has 1 unspecified atom stereocenters. The number of nitro groups is 1. The van der Waals surface area contributed by atoms with Gasteiger partial charge >= 0.3 is 0 Å². The molecule has 0 bridgehead atoms. The zero-order valence-corrected chi connectivity index (χ0v) is 13.2. The van der Waals surface area contributed by atoms with E-state index in [1.807, 2.05) is 0 Å². The van der Waals surface area contributed by atoms with E-state index in [-0.39, 0.29) is 17.5 Å². The molecule has 1 aromatic rings. The molecule has 1 aromatic carbocycles. The number of amidine groups is 1. The monoisotopic (exact) mass is 334 g/mol. The Morgan fingerprint density at radius 2 is 2.09 bits per heavy atom. The molecule has 0 aliphatic carbocycles. The minimum Gasteiger partial charge on any atom is -0.304 e. The quantitative estimate of drug-likeness (QED) is 0.672. The highest BCUT2D eigenvalue weighted by Gasteiger charge is 2.29. The van der Waals surface area contributed by atoms with Crippen molar-refractivity contribution in [2.24, 2.45) is 5.10 Å². The van der Waals surface area contributed by atoms with E-state index in [0.29, 0.717) is 10.7 Å². The molecule has 1 N–H and O–H groups in total. The van der Waals surface area contributed by atoms with Crippen LogP contribution in [0.1, 0.15) is 19.4 Å². The van der Waals surface area contributed by atoms with Crippen LogP contribution in [-0.4, -0.2) is 32.3 Å². The van der Waals surface area contributed by atoms with E-state index >= 15 is 0 Å². The maximum Gasteiger partial charge on any atom is 0.276 e. The first-order valence-electron chi connectivity index (χ1n) is 6.62. The van der Waals surface area contributed by atoms with Gasteiger partial charge in [-0.25, -0.2) is 5.01 Å². The van der Waals surface area contributed by atoms with Crippen molar-refractivity contribution in [3.8, 4) is 0 Å². The third-order valence-corrected chi connectivity index (χ3v) is 3.86. The molecule has 0 radical (unpaired) electrons. The van der Waals surface area contributed by atoms with Crippen molar-refractivity contribution < 1.29 is 14.5 Å². The number of nitro benzene ring substituents is 1. The summed E-state index contributed by atoms with van der Waals surface area (Å²) in [5, 5.41) is 18.6. The lowest BCUT2D eigenvalue weighted by molar-refractivity contribution is -0.385. The van der Waals surface area contributed by atoms with Gasteiger partial charge in [0.25, 0.3) is 5.69 Å². The van der Waals surface area contributed by atoms with E-state index < -0.39 is 10.3 Å². The van der Waals surface area contributed by atoms with Crippen LogP contribution in [0.15, 0.2) is 35.4 Å². The predicted octanol–water partition coefficient (Wildman–Crippen LogP) is 1.94. The number of hydrogen-bond donors (Lipinski definition) is 1. The van der Waals surface area contributed by atoms with Gasteiger partial charge in [0.05, 0.1) is 10.5 Å². The molecule has 1 aliphatic rings. The van der Waals surface area contributed by atoms with Crippen molar-refractivity contribution in [1.29, 1.82) is 0 Å². The average Bonchev–Trinajstić information content (AvgIpc) is 2.87. The van der Waals surface area contributed by atoms with Crippen LogP contribution >= 0.6 is 11.8 Å². The van der Waals surface area contributed by atoms with Gasteiger partial charge in [0.15, 0.2) is 5.17 Å². The third kappa shape index (κ3) is 4.16. The summed E-state index contributed by atoms with van der Waals surface area (Å²) in [6.45, 7) is 2.70. The van der Waals surface area contributed by atoms with Gasteiger partial charge in [-0.1, -0.05) is 23.9 Å². The van der Waals surface area contributed by atoms with Crippen LogP contribution in [0.3, 0.4) is 0 Å². The molecule has 8 nitrogen and oxygen atoms in total. The second-order valence-corrected chi connectivity index (χ2v) is 5.74. The maximum atomic E-state index is 11.6. The van der Waals surface area contributed by atoms with Gasteiger partial charge in [-0.05, 0) is 18.2 Å². The van der Waals surface area contributed by atoms with Crippen LogP contribution in [0.25, 0.3) is 6.08 Å². The van der Waals surface area contributed by atoms with Gasteiger partial charge < -0.3 is 5.32 Å². The summed E-state index contributed by atoms with van der Waals surface area (Å²) in [5.74, 6) is -0.585. The summed E-state index contributed by atoms with van der Waals surface area (Å²) < 4.78 is 0. The minimum absolute atomic E-state index is 0.0240. The number of hydrazone groups is 1. The van der Waals surface area contributed by atoms with Gasteiger partial charge in [0.2, 0.25) is 11.8 Å². The SMILES string of the molecule is CC(=O)NC1=NN(C(C)=O)C(C=Cc2ccccc2[N+](=O)[O-])S1. The van der Waals surface area contributed by atoms with Gasteiger partial charge in [0, 0.05) is 19.9 Å². The second-order valence-electron chi connectivity index (χ2n) is 4.63. The Labute approximate surface area is 136 Å². The number of nitrogens with zero attached hydrogens (tertiary/aromatic N) is 3. The molecular weight excluding hydrogens is 320 g/mol. The largest absolute Gasteiger partial charge is 0.304 e. The summed E-state index contributed by atoms with van der Waals surface area (Å²) in [7, 11) is 0. The first-order chi connectivity index (χ1) is 10.9. The van der Waals surface area contributed by atoms with Crippen LogP contribution < -0.4 is 5.32 Å². The smallest absolute Gasteiger partial charge is 0.276 e. The fourth-order valence-electron chi connectivity index (χ4n) is 1.90. The van der Waals surface area contributed by atoms with E-state index in [2.05, 4.69) is 10.4 Å². The Bertz CT molecular complexity index is 716. The highest BCUT2D eigenvalue weighted by atomic mass is 32.2. The molecule has 1 atom stereocenters. The number of amides is 2. The lowest BCUT2D eigenvalue weighted by Crippen LogP contribution is -2.27. The lowest BCUT2D eigenvalue weighted by atomic mass is 10.1. The van der Waals surface area contributed by atoms with Gasteiger partial charge in [-0.2, -0.15) is 0 Å². The number of thioether (sulfide) groups is 1. The maximum absolute atomic E-state index is 11.6. The number of carbonyl (C=O) groups is 2. The van der Waals surface area contributed by atoms with Crippen molar-refractivity contribution in [3.05, 3.63) is 46.0 Å². The molecule has 9 heteroatoms. The first kappa shape index (κ1) is 16.7. The molecule has 1 heterocycles. The number of benzene rings is 1. The molecule has 0 fully saturated rings. The summed E-state index contributed by atoms with van der Waals surface area (Å²) in [5.41, 5.74) is 0.402. The molecule has 2 rings (SSSR count). The topological polar surface area (TPSA) is 105 Å². The standard InChI is InChI=1S/C14H14N4O4S/c1-9(19)15-14-16-17(10(2)20)13(23-14)8-7-11-5-3-4-6-12(11)18(21)22/h3-8,13H,1-2H3,(H,15,16,19). The Kier molecular flexibility index (Phi) is 5.12. The zero-order chi connectivity index (χ0) is 17.0.